The van der Waals surface area contributed by atoms with Gasteiger partial charge in [0.2, 0.25) is 0 Å². The topological polar surface area (TPSA) is 101 Å². The molecule has 1 aliphatic rings. The van der Waals surface area contributed by atoms with Gasteiger partial charge >= 0.3 is 12.3 Å². The van der Waals surface area contributed by atoms with Crippen LogP contribution in [0.2, 0.25) is 0 Å². The van der Waals surface area contributed by atoms with E-state index in [4.69, 9.17) is 10.1 Å². The highest BCUT2D eigenvalue weighted by Gasteiger charge is 2.31. The summed E-state index contributed by atoms with van der Waals surface area (Å²) in [6, 6.07) is 21.2. The standard InChI is InChI=1S/C33H32F3N3O4S/c34-33(35,36)43-27-16-14-24(15-17-27)29-30(25-12-10-23(11-13-25)22-4-2-1-3-5-22)44-32(39-29)38-20-21-6-8-26(9-7-21)31(42)37-19-18-28(40)41/h6-17,22H,1-5,18-20H2,(H,37,42)(H,38,39)(H,40,41). The molecule has 1 aliphatic carbocycles. The Labute approximate surface area is 257 Å². The molecular formula is C33H32F3N3O4S. The number of carbonyl (C=O) groups excluding carboxylic acids is 1. The number of aromatic nitrogens is 1. The summed E-state index contributed by atoms with van der Waals surface area (Å²) < 4.78 is 42.2. The zero-order valence-corrected chi connectivity index (χ0v) is 24.6. The van der Waals surface area contributed by atoms with Gasteiger partial charge in [0.05, 0.1) is 17.0 Å². The smallest absolute Gasteiger partial charge is 0.481 e. The fraction of sp³-hybridized carbons (Fsp3) is 0.303. The van der Waals surface area contributed by atoms with E-state index in [-0.39, 0.29) is 24.6 Å². The molecule has 1 aromatic heterocycles. The van der Waals surface area contributed by atoms with Crippen molar-refractivity contribution < 1.29 is 32.6 Å². The summed E-state index contributed by atoms with van der Waals surface area (Å²) in [5, 5.41) is 15.3. The molecule has 7 nitrogen and oxygen atoms in total. The number of hydrogen-bond donors (Lipinski definition) is 3. The number of carboxylic acid groups (broad SMARTS) is 1. The summed E-state index contributed by atoms with van der Waals surface area (Å²) in [4.78, 5) is 28.6. The highest BCUT2D eigenvalue weighted by Crippen LogP contribution is 2.41. The molecule has 1 saturated carbocycles. The third-order valence-corrected chi connectivity index (χ3v) is 8.58. The summed E-state index contributed by atoms with van der Waals surface area (Å²) in [5.74, 6) is -1.06. The second kappa shape index (κ2) is 13.9. The van der Waals surface area contributed by atoms with Crippen molar-refractivity contribution in [3.8, 4) is 27.4 Å². The predicted octanol–water partition coefficient (Wildman–Crippen LogP) is 8.24. The molecule has 0 unspecified atom stereocenters. The number of carboxylic acids is 1. The van der Waals surface area contributed by atoms with E-state index in [2.05, 4.69) is 39.6 Å². The van der Waals surface area contributed by atoms with Crippen LogP contribution in [0.15, 0.2) is 72.8 Å². The molecule has 5 rings (SSSR count). The first kappa shape index (κ1) is 31.1. The van der Waals surface area contributed by atoms with Gasteiger partial charge in [-0.2, -0.15) is 0 Å². The molecule has 4 aromatic rings. The molecule has 0 saturated heterocycles. The Morgan fingerprint density at radius 1 is 0.909 bits per heavy atom. The first-order valence-electron chi connectivity index (χ1n) is 14.4. The Bertz CT molecular complexity index is 1560. The minimum absolute atomic E-state index is 0.0492. The zero-order chi connectivity index (χ0) is 31.1. The lowest BCUT2D eigenvalue weighted by Crippen LogP contribution is -2.25. The Hall–Kier alpha value is -4.38. The summed E-state index contributed by atoms with van der Waals surface area (Å²) in [6.45, 7) is 0.472. The molecule has 3 N–H and O–H groups in total. The number of nitrogens with zero attached hydrogens (tertiary/aromatic N) is 1. The molecule has 1 amide bonds. The van der Waals surface area contributed by atoms with Gasteiger partial charge in [0.1, 0.15) is 5.75 Å². The van der Waals surface area contributed by atoms with Crippen molar-refractivity contribution in [2.75, 3.05) is 11.9 Å². The lowest BCUT2D eigenvalue weighted by Gasteiger charge is -2.22. The lowest BCUT2D eigenvalue weighted by atomic mass is 9.84. The molecule has 0 radical (unpaired) electrons. The maximum Gasteiger partial charge on any atom is 0.573 e. The number of alkyl halides is 3. The van der Waals surface area contributed by atoms with E-state index in [0.29, 0.717) is 34.4 Å². The lowest BCUT2D eigenvalue weighted by molar-refractivity contribution is -0.274. The molecule has 1 heterocycles. The van der Waals surface area contributed by atoms with E-state index >= 15 is 0 Å². The van der Waals surface area contributed by atoms with Crippen LogP contribution in [-0.4, -0.2) is 34.9 Å². The number of halogens is 3. The second-order valence-electron chi connectivity index (χ2n) is 10.7. The number of thiazole rings is 1. The number of nitrogens with one attached hydrogen (secondary N) is 2. The van der Waals surface area contributed by atoms with E-state index in [1.807, 2.05) is 0 Å². The zero-order valence-electron chi connectivity index (χ0n) is 23.8. The van der Waals surface area contributed by atoms with Crippen molar-refractivity contribution in [2.24, 2.45) is 0 Å². The fourth-order valence-corrected chi connectivity index (χ4v) is 6.27. The normalized spacial score (nSPS) is 13.8. The van der Waals surface area contributed by atoms with Crippen molar-refractivity contribution in [3.05, 3.63) is 89.5 Å². The Balaban J connectivity index is 1.34. The van der Waals surface area contributed by atoms with Gasteiger partial charge in [-0.1, -0.05) is 67.0 Å². The monoisotopic (exact) mass is 623 g/mol. The average molecular weight is 624 g/mol. The molecule has 230 valence electrons. The minimum Gasteiger partial charge on any atom is -0.481 e. The number of rotatable bonds is 11. The van der Waals surface area contributed by atoms with Crippen molar-refractivity contribution in [2.45, 2.75) is 57.3 Å². The Morgan fingerprint density at radius 3 is 2.20 bits per heavy atom. The molecule has 0 aliphatic heterocycles. The van der Waals surface area contributed by atoms with Gasteiger partial charge in [-0.15, -0.1) is 13.2 Å². The molecule has 0 bridgehead atoms. The highest BCUT2D eigenvalue weighted by molar-refractivity contribution is 7.19. The van der Waals surface area contributed by atoms with E-state index in [1.165, 1.54) is 61.1 Å². The van der Waals surface area contributed by atoms with Crippen LogP contribution in [0, 0.1) is 0 Å². The third-order valence-electron chi connectivity index (χ3n) is 7.52. The number of ether oxygens (including phenoxy) is 1. The highest BCUT2D eigenvalue weighted by atomic mass is 32.1. The fourth-order valence-electron chi connectivity index (χ4n) is 5.28. The SMILES string of the molecule is O=C(O)CCNC(=O)c1ccc(CNc2nc(-c3ccc(OC(F)(F)F)cc3)c(-c3ccc(C4CCCCC4)cc3)s2)cc1. The van der Waals surface area contributed by atoms with E-state index in [1.54, 1.807) is 36.4 Å². The first-order valence-corrected chi connectivity index (χ1v) is 15.3. The van der Waals surface area contributed by atoms with Crippen molar-refractivity contribution in [1.29, 1.82) is 0 Å². The molecular weight excluding hydrogens is 591 g/mol. The third kappa shape index (κ3) is 8.37. The molecule has 1 fully saturated rings. The van der Waals surface area contributed by atoms with Crippen LogP contribution >= 0.6 is 11.3 Å². The van der Waals surface area contributed by atoms with E-state index in [0.717, 1.165) is 16.0 Å². The predicted molar refractivity (Wildman–Crippen MR) is 164 cm³/mol. The van der Waals surface area contributed by atoms with Gasteiger partial charge < -0.3 is 20.5 Å². The summed E-state index contributed by atoms with van der Waals surface area (Å²) in [7, 11) is 0. The second-order valence-corrected chi connectivity index (χ2v) is 11.7. The molecule has 11 heteroatoms. The van der Waals surface area contributed by atoms with Crippen LogP contribution < -0.4 is 15.4 Å². The van der Waals surface area contributed by atoms with Crippen molar-refractivity contribution in [3.63, 3.8) is 0 Å². The van der Waals surface area contributed by atoms with E-state index in [9.17, 15) is 22.8 Å². The van der Waals surface area contributed by atoms with Gasteiger partial charge in [-0.05, 0) is 71.8 Å². The van der Waals surface area contributed by atoms with Gasteiger partial charge in [-0.3, -0.25) is 9.59 Å². The number of benzene rings is 3. The van der Waals surface area contributed by atoms with Crippen LogP contribution in [0.3, 0.4) is 0 Å². The Kier molecular flexibility index (Phi) is 9.84. The number of carbonyl (C=O) groups is 2. The Morgan fingerprint density at radius 2 is 1.57 bits per heavy atom. The largest absolute Gasteiger partial charge is 0.573 e. The van der Waals surface area contributed by atoms with Crippen LogP contribution in [0.5, 0.6) is 5.75 Å². The summed E-state index contributed by atoms with van der Waals surface area (Å²) >= 11 is 1.46. The molecule has 0 atom stereocenters. The maximum atomic E-state index is 12.7. The van der Waals surface area contributed by atoms with Gasteiger partial charge in [0, 0.05) is 24.2 Å². The quantitative estimate of drug-likeness (QED) is 0.156. The van der Waals surface area contributed by atoms with Crippen molar-refractivity contribution in [1.82, 2.24) is 10.3 Å². The minimum atomic E-state index is -4.77. The first-order chi connectivity index (χ1) is 21.1. The maximum absolute atomic E-state index is 12.7. The van der Waals surface area contributed by atoms with Gasteiger partial charge in [0.25, 0.3) is 5.91 Å². The van der Waals surface area contributed by atoms with Gasteiger partial charge in [-0.25, -0.2) is 4.98 Å². The summed E-state index contributed by atoms with van der Waals surface area (Å²) in [6.07, 6.45) is 1.25. The molecule has 44 heavy (non-hydrogen) atoms. The van der Waals surface area contributed by atoms with Crippen LogP contribution in [-0.2, 0) is 11.3 Å². The molecule has 3 aromatic carbocycles. The number of hydrogen-bond acceptors (Lipinski definition) is 6. The number of anilines is 1. The number of aliphatic carboxylic acids is 1. The van der Waals surface area contributed by atoms with E-state index < -0.39 is 12.3 Å². The van der Waals surface area contributed by atoms with Crippen LogP contribution in [0.4, 0.5) is 18.3 Å². The number of amides is 1. The molecule has 0 spiro atoms. The van der Waals surface area contributed by atoms with Crippen molar-refractivity contribution >= 4 is 28.3 Å². The summed E-state index contributed by atoms with van der Waals surface area (Å²) in [5.41, 5.74) is 4.93. The van der Waals surface area contributed by atoms with Crippen LogP contribution in [0.25, 0.3) is 21.7 Å². The average Bonchev–Trinajstić information content (AvgIpc) is 3.44. The van der Waals surface area contributed by atoms with Crippen LogP contribution in [0.1, 0.15) is 65.9 Å². The van der Waals surface area contributed by atoms with Gasteiger partial charge in [0.15, 0.2) is 5.13 Å².